The van der Waals surface area contributed by atoms with Crippen LogP contribution >= 0.6 is 0 Å². The van der Waals surface area contributed by atoms with Crippen molar-refractivity contribution in [3.05, 3.63) is 59.7 Å². The molecule has 0 fully saturated rings. The van der Waals surface area contributed by atoms with Crippen molar-refractivity contribution in [1.29, 1.82) is 0 Å². The van der Waals surface area contributed by atoms with Crippen molar-refractivity contribution in [1.82, 2.24) is 5.32 Å². The zero-order chi connectivity index (χ0) is 48.3. The number of unbranched alkanes of at least 4 members (excludes halogenated alkanes) is 16. The number of amides is 1. The van der Waals surface area contributed by atoms with Crippen LogP contribution in [0.25, 0.3) is 0 Å². The molecule has 1 amide bonds. The molecule has 65 heavy (non-hydrogen) atoms. The summed E-state index contributed by atoms with van der Waals surface area (Å²) in [6, 6.07) is 16.2. The third kappa shape index (κ3) is 19.4. The number of carbonyl (C=O) groups is 1. The Morgan fingerprint density at radius 2 is 0.692 bits per heavy atom. The van der Waals surface area contributed by atoms with Gasteiger partial charge in [-0.25, -0.2) is 0 Å². The fourth-order valence-electron chi connectivity index (χ4n) is 11.2. The molecule has 0 bridgehead atoms. The minimum atomic E-state index is -1.73. The molecule has 0 saturated heterocycles. The normalized spacial score (nSPS) is 12.7. The van der Waals surface area contributed by atoms with Crippen molar-refractivity contribution in [2.45, 2.75) is 244 Å². The number of rotatable bonds is 38. The van der Waals surface area contributed by atoms with Gasteiger partial charge in [0.15, 0.2) is 16.6 Å². The number of carbonyl (C=O) groups excluding carboxylic acids is 1. The van der Waals surface area contributed by atoms with Gasteiger partial charge in [-0.15, -0.1) is 0 Å². The van der Waals surface area contributed by atoms with Crippen LogP contribution in [0.5, 0.6) is 11.5 Å². The highest BCUT2D eigenvalue weighted by Crippen LogP contribution is 2.43. The average Bonchev–Trinajstić information content (AvgIpc) is 3.26. The Bertz CT molecular complexity index is 1370. The topological polar surface area (TPSA) is 92.0 Å². The maximum atomic E-state index is 12.7. The molecule has 0 saturated carbocycles. The molecule has 2 aromatic rings. The lowest BCUT2D eigenvalue weighted by Gasteiger charge is -2.42. The minimum absolute atomic E-state index is 0.0718. The highest BCUT2D eigenvalue weighted by molar-refractivity contribution is 6.78. The van der Waals surface area contributed by atoms with Gasteiger partial charge in [-0.1, -0.05) is 197 Å². The van der Waals surface area contributed by atoms with Crippen molar-refractivity contribution in [2.75, 3.05) is 33.0 Å². The summed E-state index contributed by atoms with van der Waals surface area (Å²) in [4.78, 5) is 12.7. The van der Waals surface area contributed by atoms with Crippen LogP contribution in [0.15, 0.2) is 48.5 Å². The molecule has 0 atom stereocenters. The molecule has 9 heteroatoms. The predicted octanol–water partition coefficient (Wildman–Crippen LogP) is 16.2. The molecule has 0 aromatic heterocycles. The van der Waals surface area contributed by atoms with Crippen LogP contribution in [0.4, 0.5) is 0 Å². The minimum Gasteiger partial charge on any atom is -0.494 e. The molecule has 3 N–H and O–H groups in total. The SMILES string of the molecule is CC(C)[Si](OCCCCCCCCCCCOc1ccc(C(C)(NC(=O)CN)c2ccc(OCCCCCCCCCCCO[Si](C(C)C)(C(C)C)C(C)C)cc2)cc1)(C(C)C)C(C)C. The van der Waals surface area contributed by atoms with Crippen LogP contribution in [0.2, 0.25) is 33.2 Å². The summed E-state index contributed by atoms with van der Waals surface area (Å²) >= 11 is 0. The summed E-state index contributed by atoms with van der Waals surface area (Å²) in [5.74, 6) is 1.50. The molecule has 2 aromatic carbocycles. The lowest BCUT2D eigenvalue weighted by Crippen LogP contribution is -2.47. The van der Waals surface area contributed by atoms with E-state index in [1.54, 1.807) is 0 Å². The zero-order valence-electron chi connectivity index (χ0n) is 44.5. The molecular weight excluding hydrogens is 837 g/mol. The Kier molecular flexibility index (Phi) is 28.8. The second-order valence-electron chi connectivity index (χ2n) is 21.3. The van der Waals surface area contributed by atoms with Crippen LogP contribution in [-0.4, -0.2) is 55.5 Å². The van der Waals surface area contributed by atoms with E-state index in [1.165, 1.54) is 103 Å². The van der Waals surface area contributed by atoms with Crippen molar-refractivity contribution < 1.29 is 23.1 Å². The summed E-state index contributed by atoms with van der Waals surface area (Å²) in [6.45, 7) is 33.7. The summed E-state index contributed by atoms with van der Waals surface area (Å²) in [5.41, 5.74) is 10.9. The van der Waals surface area contributed by atoms with Gasteiger partial charge in [0.25, 0.3) is 0 Å². The van der Waals surface area contributed by atoms with Gasteiger partial charge >= 0.3 is 0 Å². The van der Waals surface area contributed by atoms with Crippen molar-refractivity contribution in [3.63, 3.8) is 0 Å². The molecule has 0 aliphatic heterocycles. The average molecular weight is 940 g/mol. The lowest BCUT2D eigenvalue weighted by atomic mass is 9.84. The van der Waals surface area contributed by atoms with Crippen LogP contribution in [0.3, 0.4) is 0 Å². The van der Waals surface area contributed by atoms with E-state index < -0.39 is 22.2 Å². The Morgan fingerprint density at radius 1 is 0.446 bits per heavy atom. The van der Waals surface area contributed by atoms with Gasteiger partial charge in [0.05, 0.1) is 25.3 Å². The van der Waals surface area contributed by atoms with Gasteiger partial charge in [0.1, 0.15) is 11.5 Å². The van der Waals surface area contributed by atoms with Gasteiger partial charge in [-0.3, -0.25) is 4.79 Å². The van der Waals surface area contributed by atoms with E-state index in [9.17, 15) is 4.79 Å². The number of nitrogens with two attached hydrogens (primary N) is 1. The number of hydrogen-bond donors (Lipinski definition) is 2. The second-order valence-corrected chi connectivity index (χ2v) is 32.2. The molecule has 0 radical (unpaired) electrons. The molecule has 7 nitrogen and oxygen atoms in total. The molecule has 0 aliphatic rings. The molecule has 0 heterocycles. The highest BCUT2D eigenvalue weighted by atomic mass is 28.4. The maximum Gasteiger partial charge on any atom is 0.234 e. The largest absolute Gasteiger partial charge is 0.494 e. The number of nitrogens with one attached hydrogen (secondary N) is 1. The van der Waals surface area contributed by atoms with E-state index >= 15 is 0 Å². The van der Waals surface area contributed by atoms with E-state index in [0.717, 1.165) is 48.7 Å². The molecular formula is C56H102N2O5Si2. The fourth-order valence-corrected chi connectivity index (χ4v) is 22.2. The highest BCUT2D eigenvalue weighted by Gasteiger charge is 2.45. The van der Waals surface area contributed by atoms with Gasteiger partial charge in [-0.2, -0.15) is 0 Å². The van der Waals surface area contributed by atoms with Crippen LogP contribution < -0.4 is 20.5 Å². The summed E-state index contributed by atoms with van der Waals surface area (Å²) in [5, 5.41) is 3.18. The Balaban J connectivity index is 1.65. The van der Waals surface area contributed by atoms with E-state index in [2.05, 4.69) is 113 Å². The fraction of sp³-hybridized carbons (Fsp3) is 0.768. The van der Waals surface area contributed by atoms with Crippen molar-refractivity contribution in [3.8, 4) is 11.5 Å². The Morgan fingerprint density at radius 3 is 0.938 bits per heavy atom. The third-order valence-electron chi connectivity index (χ3n) is 14.7. The molecule has 374 valence electrons. The molecule has 0 spiro atoms. The van der Waals surface area contributed by atoms with E-state index in [4.69, 9.17) is 24.1 Å². The second kappa shape index (κ2) is 31.8. The van der Waals surface area contributed by atoms with Crippen molar-refractivity contribution in [2.24, 2.45) is 5.73 Å². The quantitative estimate of drug-likeness (QED) is 0.0515. The van der Waals surface area contributed by atoms with Gasteiger partial charge < -0.3 is 29.4 Å². The summed E-state index contributed by atoms with van der Waals surface area (Å²) < 4.78 is 25.7. The first kappa shape index (κ1) is 58.9. The first-order valence-electron chi connectivity index (χ1n) is 26.7. The van der Waals surface area contributed by atoms with E-state index in [1.807, 2.05) is 31.2 Å². The van der Waals surface area contributed by atoms with Crippen LogP contribution in [0.1, 0.15) is 217 Å². The first-order chi connectivity index (χ1) is 31.0. The monoisotopic (exact) mass is 939 g/mol. The number of benzene rings is 2. The van der Waals surface area contributed by atoms with E-state index in [-0.39, 0.29) is 12.5 Å². The van der Waals surface area contributed by atoms with Gasteiger partial charge in [0, 0.05) is 13.2 Å². The van der Waals surface area contributed by atoms with Gasteiger partial charge in [-0.05, 0) is 101 Å². The standard InChI is InChI=1S/C56H102N2O5Si2/c1-45(2)64(46(3)4,47(5)6)62-42-30-26-22-18-14-16-20-24-28-40-60-53-36-32-51(33-37-53)56(13,58-55(59)44-57)52-34-38-54(39-35-52)61-41-29-25-21-17-15-19-23-27-31-43-63-65(48(7)8,49(9)10)50(11)12/h32-39,45-50H,14-31,40-44,57H2,1-13H3,(H,58,59). The van der Waals surface area contributed by atoms with Crippen LogP contribution in [-0.2, 0) is 19.2 Å². The van der Waals surface area contributed by atoms with Crippen molar-refractivity contribution >= 4 is 22.5 Å². The third-order valence-corrected chi connectivity index (χ3v) is 26.9. The summed E-state index contributed by atoms with van der Waals surface area (Å²) in [7, 11) is -3.46. The number of hydrogen-bond acceptors (Lipinski definition) is 6. The lowest BCUT2D eigenvalue weighted by molar-refractivity contribution is -0.121. The smallest absolute Gasteiger partial charge is 0.234 e. The molecule has 2 rings (SSSR count). The molecule has 0 unspecified atom stereocenters. The Labute approximate surface area is 403 Å². The predicted molar refractivity (Wildman–Crippen MR) is 285 cm³/mol. The van der Waals surface area contributed by atoms with Crippen LogP contribution in [0, 0.1) is 0 Å². The Hall–Kier alpha value is -2.18. The number of ether oxygens (including phenoxy) is 2. The maximum absolute atomic E-state index is 12.7. The summed E-state index contributed by atoms with van der Waals surface area (Å²) in [6.07, 6.45) is 22.5. The van der Waals surface area contributed by atoms with E-state index in [0.29, 0.717) is 46.5 Å². The first-order valence-corrected chi connectivity index (χ1v) is 31.0. The molecule has 0 aliphatic carbocycles. The van der Waals surface area contributed by atoms with Gasteiger partial charge in [0.2, 0.25) is 5.91 Å². The zero-order valence-corrected chi connectivity index (χ0v) is 46.5.